The summed E-state index contributed by atoms with van der Waals surface area (Å²) in [5.41, 5.74) is 0.0563. The Morgan fingerprint density at radius 2 is 2.00 bits per heavy atom. The van der Waals surface area contributed by atoms with Crippen molar-refractivity contribution in [1.29, 1.82) is 0 Å². The van der Waals surface area contributed by atoms with Crippen LogP contribution in [0.25, 0.3) is 11.3 Å². The summed E-state index contributed by atoms with van der Waals surface area (Å²) in [5.74, 6) is -1.07. The summed E-state index contributed by atoms with van der Waals surface area (Å²) in [5, 5.41) is 4.25. The maximum Gasteiger partial charge on any atom is 0.343 e. The van der Waals surface area contributed by atoms with E-state index >= 15 is 0 Å². The summed E-state index contributed by atoms with van der Waals surface area (Å²) in [6.45, 7) is 4.17. The van der Waals surface area contributed by atoms with E-state index in [-0.39, 0.29) is 17.2 Å². The molecule has 0 radical (unpaired) electrons. The molecule has 7 heteroatoms. The van der Waals surface area contributed by atoms with Gasteiger partial charge in [-0.3, -0.25) is 4.79 Å². The molecule has 2 aromatic rings. The Morgan fingerprint density at radius 1 is 1.29 bits per heavy atom. The minimum absolute atomic E-state index is 0.0995. The number of benzene rings is 1. The number of carbonyl (C=O) groups is 1. The third-order valence-electron chi connectivity index (χ3n) is 3.37. The Bertz CT molecular complexity index is 815. The van der Waals surface area contributed by atoms with Crippen LogP contribution in [0, 0.1) is 11.7 Å². The molecule has 1 heterocycles. The number of ether oxygens (including phenoxy) is 2. The minimum Gasteiger partial charge on any atom is -0.494 e. The first-order valence-electron chi connectivity index (χ1n) is 7.41. The number of hydrogen-bond acceptors (Lipinski definition) is 5. The second kappa shape index (κ2) is 7.25. The number of hydrogen-bond donors (Lipinski definition) is 0. The van der Waals surface area contributed by atoms with Crippen LogP contribution < -0.4 is 10.3 Å². The molecule has 0 atom stereocenters. The van der Waals surface area contributed by atoms with Crippen molar-refractivity contribution in [3.8, 4) is 17.0 Å². The quantitative estimate of drug-likeness (QED) is 0.786. The van der Waals surface area contributed by atoms with Crippen LogP contribution in [0.5, 0.6) is 5.75 Å². The maximum absolute atomic E-state index is 13.9. The lowest BCUT2D eigenvalue weighted by Crippen LogP contribution is -2.31. The first-order valence-corrected chi connectivity index (χ1v) is 7.41. The van der Waals surface area contributed by atoms with E-state index in [0.29, 0.717) is 17.8 Å². The second-order valence-corrected chi connectivity index (χ2v) is 5.67. The average Bonchev–Trinajstić information content (AvgIpc) is 2.55. The van der Waals surface area contributed by atoms with E-state index in [1.807, 2.05) is 13.8 Å². The molecule has 1 aromatic carbocycles. The van der Waals surface area contributed by atoms with Gasteiger partial charge in [-0.05, 0) is 30.2 Å². The Labute approximate surface area is 138 Å². The van der Waals surface area contributed by atoms with Gasteiger partial charge in [-0.2, -0.15) is 5.10 Å². The number of nitrogens with zero attached hydrogens (tertiary/aromatic N) is 2. The van der Waals surface area contributed by atoms with Gasteiger partial charge < -0.3 is 9.47 Å². The summed E-state index contributed by atoms with van der Waals surface area (Å²) in [4.78, 5) is 24.2. The summed E-state index contributed by atoms with van der Waals surface area (Å²) < 4.78 is 24.7. The second-order valence-electron chi connectivity index (χ2n) is 5.67. The van der Waals surface area contributed by atoms with E-state index in [1.165, 1.54) is 37.1 Å². The lowest BCUT2D eigenvalue weighted by molar-refractivity contribution is 0.0597. The van der Waals surface area contributed by atoms with Crippen LogP contribution >= 0.6 is 0 Å². The number of carbonyl (C=O) groups excluding carboxylic acids is 1. The van der Waals surface area contributed by atoms with Crippen LogP contribution in [0.2, 0.25) is 0 Å². The molecule has 0 saturated carbocycles. The summed E-state index contributed by atoms with van der Waals surface area (Å²) in [6, 6.07) is 5.62. The number of methoxy groups -OCH3 is 2. The van der Waals surface area contributed by atoms with Gasteiger partial charge >= 0.3 is 5.97 Å². The zero-order chi connectivity index (χ0) is 17.9. The average molecular weight is 334 g/mol. The normalized spacial score (nSPS) is 10.8. The number of halogens is 1. The fraction of sp³-hybridized carbons (Fsp3) is 0.353. The molecular weight excluding hydrogens is 315 g/mol. The smallest absolute Gasteiger partial charge is 0.343 e. The summed E-state index contributed by atoms with van der Waals surface area (Å²) in [6.07, 6.45) is 0. The van der Waals surface area contributed by atoms with Crippen molar-refractivity contribution in [2.24, 2.45) is 5.92 Å². The van der Waals surface area contributed by atoms with Gasteiger partial charge in [-0.1, -0.05) is 13.8 Å². The van der Waals surface area contributed by atoms with E-state index in [1.54, 1.807) is 6.07 Å². The standard InChI is InChI=1S/C17H19FN2O4/c1-10(2)9-20-16(21)12(17(22)24-4)8-14(19-20)11-5-6-15(23-3)13(18)7-11/h5-8,10H,9H2,1-4H3. The Morgan fingerprint density at radius 3 is 2.54 bits per heavy atom. The Kier molecular flexibility index (Phi) is 5.33. The van der Waals surface area contributed by atoms with Crippen molar-refractivity contribution in [2.75, 3.05) is 14.2 Å². The molecule has 128 valence electrons. The molecule has 24 heavy (non-hydrogen) atoms. The first-order chi connectivity index (χ1) is 11.4. The highest BCUT2D eigenvalue weighted by atomic mass is 19.1. The lowest BCUT2D eigenvalue weighted by Gasteiger charge is -2.12. The molecule has 2 rings (SSSR count). The fourth-order valence-electron chi connectivity index (χ4n) is 2.23. The number of rotatable bonds is 5. The van der Waals surface area contributed by atoms with Crippen molar-refractivity contribution >= 4 is 5.97 Å². The van der Waals surface area contributed by atoms with Crippen LogP contribution in [-0.2, 0) is 11.3 Å². The first kappa shape index (κ1) is 17.7. The van der Waals surface area contributed by atoms with Crippen LogP contribution in [0.1, 0.15) is 24.2 Å². The van der Waals surface area contributed by atoms with E-state index in [2.05, 4.69) is 9.84 Å². The molecule has 0 unspecified atom stereocenters. The molecule has 0 bridgehead atoms. The maximum atomic E-state index is 13.9. The van der Waals surface area contributed by atoms with E-state index in [0.717, 1.165) is 0 Å². The largest absolute Gasteiger partial charge is 0.494 e. The Balaban J connectivity index is 2.63. The van der Waals surface area contributed by atoms with Gasteiger partial charge in [0.1, 0.15) is 5.56 Å². The molecule has 0 fully saturated rings. The fourth-order valence-corrected chi connectivity index (χ4v) is 2.23. The minimum atomic E-state index is -0.755. The van der Waals surface area contributed by atoms with Gasteiger partial charge in [0.05, 0.1) is 19.9 Å². The summed E-state index contributed by atoms with van der Waals surface area (Å²) >= 11 is 0. The van der Waals surface area contributed by atoms with Gasteiger partial charge in [-0.15, -0.1) is 0 Å². The van der Waals surface area contributed by atoms with Crippen LogP contribution in [0.15, 0.2) is 29.1 Å². The van der Waals surface area contributed by atoms with Gasteiger partial charge in [0.25, 0.3) is 5.56 Å². The zero-order valence-corrected chi connectivity index (χ0v) is 14.0. The number of esters is 1. The molecule has 0 aliphatic heterocycles. The number of aromatic nitrogens is 2. The summed E-state index contributed by atoms with van der Waals surface area (Å²) in [7, 11) is 2.57. The molecular formula is C17H19FN2O4. The van der Waals surface area contributed by atoms with Gasteiger partial charge in [0.2, 0.25) is 0 Å². The van der Waals surface area contributed by atoms with Crippen LogP contribution in [0.3, 0.4) is 0 Å². The van der Waals surface area contributed by atoms with Crippen molar-refractivity contribution in [1.82, 2.24) is 9.78 Å². The van der Waals surface area contributed by atoms with Crippen LogP contribution in [0.4, 0.5) is 4.39 Å². The molecule has 6 nitrogen and oxygen atoms in total. The van der Waals surface area contributed by atoms with Gasteiger partial charge in [0, 0.05) is 12.1 Å². The SMILES string of the molecule is COC(=O)c1cc(-c2ccc(OC)c(F)c2)nn(CC(C)C)c1=O. The van der Waals surface area contributed by atoms with Crippen molar-refractivity contribution < 1.29 is 18.7 Å². The molecule has 1 aromatic heterocycles. The third-order valence-corrected chi connectivity index (χ3v) is 3.37. The Hall–Kier alpha value is -2.70. The lowest BCUT2D eigenvalue weighted by atomic mass is 10.1. The zero-order valence-electron chi connectivity index (χ0n) is 14.0. The van der Waals surface area contributed by atoms with Crippen molar-refractivity contribution in [3.63, 3.8) is 0 Å². The molecule has 0 aliphatic rings. The molecule has 0 aliphatic carbocycles. The van der Waals surface area contributed by atoms with Gasteiger partial charge in [0.15, 0.2) is 11.6 Å². The monoisotopic (exact) mass is 334 g/mol. The molecule has 0 saturated heterocycles. The highest BCUT2D eigenvalue weighted by molar-refractivity contribution is 5.90. The third kappa shape index (κ3) is 3.61. The van der Waals surface area contributed by atoms with Crippen LogP contribution in [-0.4, -0.2) is 30.0 Å². The highest BCUT2D eigenvalue weighted by Gasteiger charge is 2.18. The highest BCUT2D eigenvalue weighted by Crippen LogP contribution is 2.24. The molecule has 0 N–H and O–H groups in total. The molecule has 0 spiro atoms. The van der Waals surface area contributed by atoms with Gasteiger partial charge in [-0.25, -0.2) is 13.9 Å². The van der Waals surface area contributed by atoms with Crippen molar-refractivity contribution in [2.45, 2.75) is 20.4 Å². The predicted octanol–water partition coefficient (Wildman–Crippen LogP) is 2.50. The van der Waals surface area contributed by atoms with E-state index < -0.39 is 17.3 Å². The molecule has 0 amide bonds. The predicted molar refractivity (Wildman–Crippen MR) is 86.6 cm³/mol. The van der Waals surface area contributed by atoms with E-state index in [4.69, 9.17) is 4.74 Å². The van der Waals surface area contributed by atoms with E-state index in [9.17, 15) is 14.0 Å². The topological polar surface area (TPSA) is 70.4 Å². The van der Waals surface area contributed by atoms with Crippen molar-refractivity contribution in [3.05, 3.63) is 46.0 Å².